The smallest absolute Gasteiger partial charge is 0.412 e. The van der Waals surface area contributed by atoms with Crippen LogP contribution in [-0.4, -0.2) is 17.5 Å². The standard InChI is InChI=1S/C17H19NO4/c1-11-5-7-12(8-6-11)14(19)15-13(9-10-21-15)18-16(20)22-17(2,3)4/h5-10H,1-4H3,(H,18,20). The van der Waals surface area contributed by atoms with Gasteiger partial charge in [0.2, 0.25) is 5.78 Å². The van der Waals surface area contributed by atoms with Gasteiger partial charge in [0.1, 0.15) is 5.60 Å². The zero-order valence-corrected chi connectivity index (χ0v) is 13.1. The Labute approximate surface area is 129 Å². The van der Waals surface area contributed by atoms with Crippen LogP contribution in [0.1, 0.15) is 42.5 Å². The Morgan fingerprint density at radius 3 is 2.32 bits per heavy atom. The van der Waals surface area contributed by atoms with Gasteiger partial charge in [-0.3, -0.25) is 10.1 Å². The summed E-state index contributed by atoms with van der Waals surface area (Å²) in [6.07, 6.45) is 0.723. The maximum absolute atomic E-state index is 12.4. The van der Waals surface area contributed by atoms with Gasteiger partial charge in [-0.15, -0.1) is 0 Å². The van der Waals surface area contributed by atoms with Crippen molar-refractivity contribution in [2.75, 3.05) is 5.32 Å². The second kappa shape index (κ2) is 6.05. The van der Waals surface area contributed by atoms with Gasteiger partial charge in [0.05, 0.1) is 12.0 Å². The fraction of sp³-hybridized carbons (Fsp3) is 0.294. The first kappa shape index (κ1) is 15.8. The predicted octanol–water partition coefficient (Wildman–Crippen LogP) is 4.17. The van der Waals surface area contributed by atoms with Gasteiger partial charge in [0, 0.05) is 11.6 Å². The molecule has 22 heavy (non-hydrogen) atoms. The molecule has 1 N–H and O–H groups in total. The number of anilines is 1. The van der Waals surface area contributed by atoms with Crippen molar-refractivity contribution in [3.63, 3.8) is 0 Å². The normalized spacial score (nSPS) is 11.1. The van der Waals surface area contributed by atoms with Gasteiger partial charge in [-0.25, -0.2) is 4.79 Å². The number of benzene rings is 1. The lowest BCUT2D eigenvalue weighted by Gasteiger charge is -2.19. The average molecular weight is 301 g/mol. The number of aryl methyl sites for hydroxylation is 1. The summed E-state index contributed by atoms with van der Waals surface area (Å²) in [5.74, 6) is -0.217. The van der Waals surface area contributed by atoms with Crippen molar-refractivity contribution < 1.29 is 18.7 Å². The first-order valence-electron chi connectivity index (χ1n) is 6.95. The molecule has 1 heterocycles. The molecular weight excluding hydrogens is 282 g/mol. The Kier molecular flexibility index (Phi) is 4.35. The molecule has 0 aliphatic carbocycles. The van der Waals surface area contributed by atoms with E-state index in [0.29, 0.717) is 11.3 Å². The first-order valence-corrected chi connectivity index (χ1v) is 6.95. The lowest BCUT2D eigenvalue weighted by Crippen LogP contribution is -2.27. The van der Waals surface area contributed by atoms with Crippen molar-refractivity contribution in [2.24, 2.45) is 0 Å². The van der Waals surface area contributed by atoms with Gasteiger partial charge in [-0.1, -0.05) is 29.8 Å². The molecule has 0 aliphatic rings. The number of rotatable bonds is 3. The molecule has 0 bridgehead atoms. The molecule has 0 saturated carbocycles. The molecule has 0 saturated heterocycles. The Hall–Kier alpha value is -2.56. The highest BCUT2D eigenvalue weighted by atomic mass is 16.6. The number of nitrogens with one attached hydrogen (secondary N) is 1. The van der Waals surface area contributed by atoms with Crippen LogP contribution >= 0.6 is 0 Å². The lowest BCUT2D eigenvalue weighted by atomic mass is 10.1. The zero-order valence-electron chi connectivity index (χ0n) is 13.1. The Bertz CT molecular complexity index is 677. The molecule has 116 valence electrons. The van der Waals surface area contributed by atoms with Crippen molar-refractivity contribution in [2.45, 2.75) is 33.3 Å². The summed E-state index contributed by atoms with van der Waals surface area (Å²) in [5.41, 5.74) is 1.23. The van der Waals surface area contributed by atoms with E-state index in [1.807, 2.05) is 19.1 Å². The summed E-state index contributed by atoms with van der Waals surface area (Å²) < 4.78 is 10.4. The maximum atomic E-state index is 12.4. The van der Waals surface area contributed by atoms with Crippen LogP contribution in [0.5, 0.6) is 0 Å². The number of hydrogen-bond acceptors (Lipinski definition) is 4. The summed E-state index contributed by atoms with van der Waals surface area (Å²) in [6, 6.07) is 8.65. The third kappa shape index (κ3) is 3.97. The highest BCUT2D eigenvalue weighted by molar-refractivity contribution is 6.11. The molecule has 0 unspecified atom stereocenters. The number of ketones is 1. The molecule has 0 fully saturated rings. The Balaban J connectivity index is 2.17. The van der Waals surface area contributed by atoms with Gasteiger partial charge in [0.15, 0.2) is 5.76 Å². The Morgan fingerprint density at radius 2 is 1.73 bits per heavy atom. The molecule has 2 rings (SSSR count). The van der Waals surface area contributed by atoms with Crippen molar-refractivity contribution in [1.29, 1.82) is 0 Å². The van der Waals surface area contributed by atoms with Gasteiger partial charge in [-0.2, -0.15) is 0 Å². The monoisotopic (exact) mass is 301 g/mol. The van der Waals surface area contributed by atoms with Gasteiger partial charge >= 0.3 is 6.09 Å². The van der Waals surface area contributed by atoms with Crippen LogP contribution in [-0.2, 0) is 4.74 Å². The summed E-state index contributed by atoms with van der Waals surface area (Å²) in [6.45, 7) is 7.23. The number of carbonyl (C=O) groups is 2. The molecular formula is C17H19NO4. The maximum Gasteiger partial charge on any atom is 0.412 e. The van der Waals surface area contributed by atoms with Crippen LogP contribution in [0.2, 0.25) is 0 Å². The molecule has 0 spiro atoms. The van der Waals surface area contributed by atoms with Crippen molar-refractivity contribution >= 4 is 17.6 Å². The zero-order chi connectivity index (χ0) is 16.3. The molecule has 1 aromatic heterocycles. The van der Waals surface area contributed by atoms with E-state index in [9.17, 15) is 9.59 Å². The quantitative estimate of drug-likeness (QED) is 0.864. The molecule has 0 aliphatic heterocycles. The number of amides is 1. The van der Waals surface area contributed by atoms with Crippen LogP contribution in [0, 0.1) is 6.92 Å². The fourth-order valence-electron chi connectivity index (χ4n) is 1.83. The summed E-state index contributed by atoms with van der Waals surface area (Å²) in [4.78, 5) is 24.2. The minimum Gasteiger partial charge on any atom is -0.459 e. The summed E-state index contributed by atoms with van der Waals surface area (Å²) >= 11 is 0. The minimum absolute atomic E-state index is 0.0784. The van der Waals surface area contributed by atoms with E-state index in [-0.39, 0.29) is 11.5 Å². The third-order valence-corrected chi connectivity index (χ3v) is 2.82. The number of carbonyl (C=O) groups excluding carboxylic acids is 2. The van der Waals surface area contributed by atoms with Crippen LogP contribution < -0.4 is 5.32 Å². The molecule has 0 atom stereocenters. The van der Waals surface area contributed by atoms with Crippen LogP contribution in [0.4, 0.5) is 10.5 Å². The molecule has 5 nitrogen and oxygen atoms in total. The fourth-order valence-corrected chi connectivity index (χ4v) is 1.83. The Morgan fingerprint density at radius 1 is 1.09 bits per heavy atom. The van der Waals surface area contributed by atoms with Crippen molar-refractivity contribution in [1.82, 2.24) is 0 Å². The molecule has 0 radical (unpaired) electrons. The third-order valence-electron chi connectivity index (χ3n) is 2.82. The van der Waals surface area contributed by atoms with E-state index >= 15 is 0 Å². The summed E-state index contributed by atoms with van der Waals surface area (Å²) in [5, 5.41) is 2.53. The van der Waals surface area contributed by atoms with Crippen molar-refractivity contribution in [3.05, 3.63) is 53.5 Å². The van der Waals surface area contributed by atoms with E-state index in [4.69, 9.17) is 9.15 Å². The second-order valence-corrected chi connectivity index (χ2v) is 5.99. The van der Waals surface area contributed by atoms with Crippen LogP contribution in [0.3, 0.4) is 0 Å². The average Bonchev–Trinajstić information content (AvgIpc) is 2.84. The highest BCUT2D eigenvalue weighted by Gasteiger charge is 2.21. The van der Waals surface area contributed by atoms with Crippen molar-refractivity contribution in [3.8, 4) is 0 Å². The van der Waals surface area contributed by atoms with E-state index in [2.05, 4.69) is 5.32 Å². The van der Waals surface area contributed by atoms with E-state index in [1.165, 1.54) is 12.3 Å². The highest BCUT2D eigenvalue weighted by Crippen LogP contribution is 2.22. The number of furan rings is 1. The van der Waals surface area contributed by atoms with Gasteiger partial charge in [0.25, 0.3) is 0 Å². The van der Waals surface area contributed by atoms with E-state index < -0.39 is 11.7 Å². The topological polar surface area (TPSA) is 68.5 Å². The summed E-state index contributed by atoms with van der Waals surface area (Å²) in [7, 11) is 0. The largest absolute Gasteiger partial charge is 0.459 e. The number of ether oxygens (including phenoxy) is 1. The van der Waals surface area contributed by atoms with Gasteiger partial charge in [-0.05, 0) is 27.7 Å². The molecule has 5 heteroatoms. The second-order valence-electron chi connectivity index (χ2n) is 5.99. The SMILES string of the molecule is Cc1ccc(C(=O)c2occc2NC(=O)OC(C)(C)C)cc1. The molecule has 1 amide bonds. The predicted molar refractivity (Wildman–Crippen MR) is 83.2 cm³/mol. The number of hydrogen-bond donors (Lipinski definition) is 1. The minimum atomic E-state index is -0.633. The van der Waals surface area contributed by atoms with Crippen LogP contribution in [0.25, 0.3) is 0 Å². The van der Waals surface area contributed by atoms with E-state index in [1.54, 1.807) is 32.9 Å². The van der Waals surface area contributed by atoms with E-state index in [0.717, 1.165) is 5.56 Å². The first-order chi connectivity index (χ1) is 10.3. The lowest BCUT2D eigenvalue weighted by molar-refractivity contribution is 0.0635. The molecule has 2 aromatic rings. The van der Waals surface area contributed by atoms with Gasteiger partial charge < -0.3 is 9.15 Å². The molecule has 1 aromatic carbocycles. The van der Waals surface area contributed by atoms with Crippen LogP contribution in [0.15, 0.2) is 41.0 Å².